The molecule has 1 rings (SSSR count). The van der Waals surface area contributed by atoms with Gasteiger partial charge in [-0.05, 0) is 25.2 Å². The number of urea groups is 1. The SMILES string of the molecule is C[C@H](NC(=O)NCCCCC1C=CSS1)C(=O)O. The van der Waals surface area contributed by atoms with E-state index in [1.807, 2.05) is 10.8 Å². The van der Waals surface area contributed by atoms with E-state index >= 15 is 0 Å². The van der Waals surface area contributed by atoms with Gasteiger partial charge in [0.2, 0.25) is 0 Å². The molecule has 7 heteroatoms. The Morgan fingerprint density at radius 1 is 1.44 bits per heavy atom. The van der Waals surface area contributed by atoms with Crippen LogP contribution in [0.2, 0.25) is 0 Å². The van der Waals surface area contributed by atoms with E-state index in [1.165, 1.54) is 6.92 Å². The highest BCUT2D eigenvalue weighted by atomic mass is 33.1. The molecule has 2 amide bonds. The van der Waals surface area contributed by atoms with Crippen molar-refractivity contribution < 1.29 is 14.7 Å². The first kappa shape index (κ1) is 15.2. The van der Waals surface area contributed by atoms with Crippen LogP contribution in [0, 0.1) is 0 Å². The summed E-state index contributed by atoms with van der Waals surface area (Å²) in [4.78, 5) is 21.8. The molecule has 102 valence electrons. The fraction of sp³-hybridized carbons (Fsp3) is 0.636. The van der Waals surface area contributed by atoms with Crippen LogP contribution in [0.25, 0.3) is 0 Å². The highest BCUT2D eigenvalue weighted by Crippen LogP contribution is 2.37. The highest BCUT2D eigenvalue weighted by Gasteiger charge is 2.13. The number of amides is 2. The monoisotopic (exact) mass is 290 g/mol. The maximum absolute atomic E-state index is 11.3. The minimum absolute atomic E-state index is 0.421. The summed E-state index contributed by atoms with van der Waals surface area (Å²) in [6, 6.07) is -1.28. The molecule has 1 aliphatic heterocycles. The fourth-order valence-corrected chi connectivity index (χ4v) is 3.64. The van der Waals surface area contributed by atoms with Crippen molar-refractivity contribution in [2.45, 2.75) is 37.5 Å². The first-order valence-electron chi connectivity index (χ1n) is 5.85. The summed E-state index contributed by atoms with van der Waals surface area (Å²) in [5, 5.41) is 16.3. The molecule has 0 saturated heterocycles. The molecule has 5 nitrogen and oxygen atoms in total. The zero-order valence-electron chi connectivity index (χ0n) is 10.2. The minimum Gasteiger partial charge on any atom is -0.480 e. The van der Waals surface area contributed by atoms with Gasteiger partial charge in [0.25, 0.3) is 0 Å². The predicted octanol–water partition coefficient (Wildman–Crippen LogP) is 2.21. The van der Waals surface area contributed by atoms with Gasteiger partial charge in [0.1, 0.15) is 6.04 Å². The van der Waals surface area contributed by atoms with Crippen LogP contribution in [0.1, 0.15) is 26.2 Å². The Balaban J connectivity index is 1.98. The molecule has 0 aromatic rings. The van der Waals surface area contributed by atoms with Crippen LogP contribution in [0.15, 0.2) is 11.5 Å². The Kier molecular flexibility index (Phi) is 7.04. The number of carboxylic acids is 1. The number of nitrogens with one attached hydrogen (secondary N) is 2. The first-order chi connectivity index (χ1) is 8.59. The van der Waals surface area contributed by atoms with Crippen molar-refractivity contribution in [3.8, 4) is 0 Å². The van der Waals surface area contributed by atoms with Crippen molar-refractivity contribution in [2.75, 3.05) is 6.54 Å². The fourth-order valence-electron chi connectivity index (χ4n) is 1.38. The Bertz CT molecular complexity index is 323. The van der Waals surface area contributed by atoms with Crippen LogP contribution in [-0.2, 0) is 4.79 Å². The molecular formula is C11H18N2O3S2. The lowest BCUT2D eigenvalue weighted by Gasteiger charge is -2.11. The van der Waals surface area contributed by atoms with Crippen molar-refractivity contribution in [2.24, 2.45) is 0 Å². The van der Waals surface area contributed by atoms with Crippen LogP contribution in [0.4, 0.5) is 4.79 Å². The molecule has 0 saturated carbocycles. The largest absolute Gasteiger partial charge is 0.480 e. The normalized spacial score (nSPS) is 19.5. The summed E-state index contributed by atoms with van der Waals surface area (Å²) >= 11 is 0. The van der Waals surface area contributed by atoms with E-state index in [1.54, 1.807) is 10.8 Å². The molecule has 0 bridgehead atoms. The van der Waals surface area contributed by atoms with Gasteiger partial charge in [0.05, 0.1) is 0 Å². The molecule has 1 unspecified atom stereocenters. The van der Waals surface area contributed by atoms with E-state index in [-0.39, 0.29) is 0 Å². The molecule has 3 N–H and O–H groups in total. The quantitative estimate of drug-likeness (QED) is 0.495. The van der Waals surface area contributed by atoms with Gasteiger partial charge in [-0.3, -0.25) is 4.79 Å². The standard InChI is InChI=1S/C11H18N2O3S2/c1-8(10(14)15)13-11(16)12-6-3-2-4-9-5-7-17-18-9/h5,7-9H,2-4,6H2,1H3,(H,14,15)(H2,12,13,16)/t8-,9?/m0/s1. The molecule has 1 aliphatic rings. The minimum atomic E-state index is -1.03. The van der Waals surface area contributed by atoms with Crippen LogP contribution in [-0.4, -0.2) is 34.9 Å². The molecule has 0 spiro atoms. The Labute approximate surface area is 115 Å². The topological polar surface area (TPSA) is 78.4 Å². The van der Waals surface area contributed by atoms with Crippen molar-refractivity contribution in [3.63, 3.8) is 0 Å². The van der Waals surface area contributed by atoms with Crippen LogP contribution in [0.3, 0.4) is 0 Å². The van der Waals surface area contributed by atoms with Crippen LogP contribution in [0.5, 0.6) is 0 Å². The Morgan fingerprint density at radius 2 is 2.22 bits per heavy atom. The molecule has 0 fully saturated rings. The number of carbonyl (C=O) groups excluding carboxylic acids is 1. The third kappa shape index (κ3) is 6.20. The number of aliphatic carboxylic acids is 1. The molecule has 0 aromatic carbocycles. The van der Waals surface area contributed by atoms with E-state index in [2.05, 4.69) is 22.1 Å². The summed E-state index contributed by atoms with van der Waals surface area (Å²) in [7, 11) is 3.62. The van der Waals surface area contributed by atoms with Gasteiger partial charge >= 0.3 is 12.0 Å². The maximum atomic E-state index is 11.3. The van der Waals surface area contributed by atoms with Crippen molar-refractivity contribution in [1.29, 1.82) is 0 Å². The number of hydrogen-bond acceptors (Lipinski definition) is 4. The van der Waals surface area contributed by atoms with Gasteiger partial charge in [0.15, 0.2) is 0 Å². The first-order valence-corrected chi connectivity index (χ1v) is 8.13. The van der Waals surface area contributed by atoms with E-state index in [9.17, 15) is 9.59 Å². The molecule has 0 aromatic heterocycles. The van der Waals surface area contributed by atoms with Crippen molar-refractivity contribution in [1.82, 2.24) is 10.6 Å². The third-order valence-corrected chi connectivity index (χ3v) is 4.87. The predicted molar refractivity (Wildman–Crippen MR) is 75.6 cm³/mol. The summed E-state index contributed by atoms with van der Waals surface area (Å²) < 4.78 is 0. The van der Waals surface area contributed by atoms with Gasteiger partial charge < -0.3 is 15.7 Å². The second-order valence-electron chi connectivity index (χ2n) is 4.02. The summed E-state index contributed by atoms with van der Waals surface area (Å²) in [6.07, 6.45) is 5.27. The number of carbonyl (C=O) groups is 2. The van der Waals surface area contributed by atoms with Crippen LogP contribution >= 0.6 is 21.6 Å². The number of carboxylic acid groups (broad SMARTS) is 1. The van der Waals surface area contributed by atoms with Gasteiger partial charge in [0, 0.05) is 11.8 Å². The summed E-state index contributed by atoms with van der Waals surface area (Å²) in [5.41, 5.74) is 0. The van der Waals surface area contributed by atoms with Gasteiger partial charge in [-0.15, -0.1) is 0 Å². The highest BCUT2D eigenvalue weighted by molar-refractivity contribution is 8.78. The van der Waals surface area contributed by atoms with Gasteiger partial charge in [-0.1, -0.05) is 34.1 Å². The van der Waals surface area contributed by atoms with Crippen molar-refractivity contribution >= 4 is 33.6 Å². The lowest BCUT2D eigenvalue weighted by molar-refractivity contribution is -0.138. The molecule has 18 heavy (non-hydrogen) atoms. The second-order valence-corrected chi connectivity index (χ2v) is 6.43. The number of hydrogen-bond donors (Lipinski definition) is 3. The zero-order valence-corrected chi connectivity index (χ0v) is 11.9. The van der Waals surface area contributed by atoms with E-state index in [0.29, 0.717) is 11.8 Å². The van der Waals surface area contributed by atoms with Crippen LogP contribution < -0.4 is 10.6 Å². The zero-order chi connectivity index (χ0) is 13.4. The van der Waals surface area contributed by atoms with E-state index < -0.39 is 18.0 Å². The number of unbranched alkanes of at least 4 members (excludes halogenated alkanes) is 1. The summed E-state index contributed by atoms with van der Waals surface area (Å²) in [5.74, 6) is -1.03. The lowest BCUT2D eigenvalue weighted by atomic mass is 10.2. The average molecular weight is 290 g/mol. The summed E-state index contributed by atoms with van der Waals surface area (Å²) in [6.45, 7) is 2.01. The Morgan fingerprint density at radius 3 is 2.83 bits per heavy atom. The molecule has 0 aliphatic carbocycles. The van der Waals surface area contributed by atoms with Gasteiger partial charge in [-0.2, -0.15) is 0 Å². The van der Waals surface area contributed by atoms with E-state index in [4.69, 9.17) is 5.11 Å². The van der Waals surface area contributed by atoms with Crippen molar-refractivity contribution in [3.05, 3.63) is 11.5 Å². The van der Waals surface area contributed by atoms with Gasteiger partial charge in [-0.25, -0.2) is 4.79 Å². The average Bonchev–Trinajstić information content (AvgIpc) is 2.81. The molecular weight excluding hydrogens is 272 g/mol. The molecule has 2 atom stereocenters. The third-order valence-electron chi connectivity index (χ3n) is 2.45. The molecule has 1 heterocycles. The Hall–Kier alpha value is -0.820. The number of rotatable bonds is 7. The lowest BCUT2D eigenvalue weighted by Crippen LogP contribution is -2.44. The second kappa shape index (κ2) is 8.31. The van der Waals surface area contributed by atoms with E-state index in [0.717, 1.165) is 19.3 Å². The smallest absolute Gasteiger partial charge is 0.325 e. The molecule has 0 radical (unpaired) electrons. The maximum Gasteiger partial charge on any atom is 0.325 e.